The first-order chi connectivity index (χ1) is 8.20. The summed E-state index contributed by atoms with van der Waals surface area (Å²) in [4.78, 5) is 4.01. The lowest BCUT2D eigenvalue weighted by molar-refractivity contribution is 1.30. The van der Waals surface area contributed by atoms with E-state index in [0.29, 0.717) is 5.56 Å². The van der Waals surface area contributed by atoms with Crippen molar-refractivity contribution in [1.29, 1.82) is 5.26 Å². The van der Waals surface area contributed by atoms with Crippen LogP contribution in [-0.2, 0) is 0 Å². The van der Waals surface area contributed by atoms with Crippen LogP contribution in [0.3, 0.4) is 0 Å². The standard InChI is InChI=1S/C13H10BrN3/c1-9-6-11(14)2-3-12(9)17-13-8-16-5-4-10(13)7-15/h2-6,8,17H,1H3. The minimum absolute atomic E-state index is 0.585. The van der Waals surface area contributed by atoms with Crippen LogP contribution in [0.5, 0.6) is 0 Å². The van der Waals surface area contributed by atoms with Gasteiger partial charge in [0.15, 0.2) is 0 Å². The average Bonchev–Trinajstić information content (AvgIpc) is 2.33. The number of benzene rings is 1. The van der Waals surface area contributed by atoms with Gasteiger partial charge in [-0.2, -0.15) is 5.26 Å². The monoisotopic (exact) mass is 287 g/mol. The number of hydrogen-bond acceptors (Lipinski definition) is 3. The van der Waals surface area contributed by atoms with Crippen LogP contribution in [0.25, 0.3) is 0 Å². The van der Waals surface area contributed by atoms with Gasteiger partial charge in [0, 0.05) is 16.4 Å². The van der Waals surface area contributed by atoms with Crippen molar-refractivity contribution in [2.45, 2.75) is 6.92 Å². The molecule has 84 valence electrons. The molecule has 0 radical (unpaired) electrons. The molecule has 0 saturated carbocycles. The van der Waals surface area contributed by atoms with Gasteiger partial charge in [-0.3, -0.25) is 4.98 Å². The molecule has 0 atom stereocenters. The maximum Gasteiger partial charge on any atom is 0.101 e. The molecular formula is C13H10BrN3. The first-order valence-corrected chi connectivity index (χ1v) is 5.87. The highest BCUT2D eigenvalue weighted by molar-refractivity contribution is 9.10. The summed E-state index contributed by atoms with van der Waals surface area (Å²) in [6, 6.07) is 9.77. The fraction of sp³-hybridized carbons (Fsp3) is 0.0769. The number of pyridine rings is 1. The van der Waals surface area contributed by atoms with Gasteiger partial charge < -0.3 is 5.32 Å². The molecule has 1 N–H and O–H groups in total. The fourth-order valence-corrected chi connectivity index (χ4v) is 1.98. The molecule has 0 fully saturated rings. The van der Waals surface area contributed by atoms with E-state index in [1.54, 1.807) is 18.5 Å². The number of anilines is 2. The molecule has 0 aliphatic rings. The van der Waals surface area contributed by atoms with E-state index in [2.05, 4.69) is 32.3 Å². The molecule has 4 heteroatoms. The highest BCUT2D eigenvalue weighted by Gasteiger charge is 2.04. The van der Waals surface area contributed by atoms with E-state index in [4.69, 9.17) is 5.26 Å². The maximum absolute atomic E-state index is 8.98. The Morgan fingerprint density at radius 2 is 2.12 bits per heavy atom. The normalized spacial score (nSPS) is 9.71. The zero-order valence-corrected chi connectivity index (χ0v) is 10.8. The molecule has 1 heterocycles. The predicted molar refractivity (Wildman–Crippen MR) is 71.1 cm³/mol. The number of aryl methyl sites for hydroxylation is 1. The first-order valence-electron chi connectivity index (χ1n) is 5.08. The quantitative estimate of drug-likeness (QED) is 0.915. The average molecular weight is 288 g/mol. The van der Waals surface area contributed by atoms with Gasteiger partial charge in [0.1, 0.15) is 6.07 Å². The van der Waals surface area contributed by atoms with E-state index in [9.17, 15) is 0 Å². The summed E-state index contributed by atoms with van der Waals surface area (Å²) in [7, 11) is 0. The smallest absolute Gasteiger partial charge is 0.101 e. The van der Waals surface area contributed by atoms with Crippen molar-refractivity contribution in [3.05, 3.63) is 52.3 Å². The van der Waals surface area contributed by atoms with Gasteiger partial charge >= 0.3 is 0 Å². The van der Waals surface area contributed by atoms with Crippen LogP contribution in [0.15, 0.2) is 41.1 Å². The number of nitriles is 1. The van der Waals surface area contributed by atoms with Gasteiger partial charge in [-0.15, -0.1) is 0 Å². The van der Waals surface area contributed by atoms with Crippen LogP contribution in [-0.4, -0.2) is 4.98 Å². The van der Waals surface area contributed by atoms with Crippen molar-refractivity contribution >= 4 is 27.3 Å². The predicted octanol–water partition coefficient (Wildman–Crippen LogP) is 3.77. The summed E-state index contributed by atoms with van der Waals surface area (Å²) >= 11 is 3.42. The summed E-state index contributed by atoms with van der Waals surface area (Å²) in [5, 5.41) is 12.2. The van der Waals surface area contributed by atoms with Gasteiger partial charge in [-0.25, -0.2) is 0 Å². The van der Waals surface area contributed by atoms with Crippen molar-refractivity contribution in [3.8, 4) is 6.07 Å². The lowest BCUT2D eigenvalue weighted by Crippen LogP contribution is -1.96. The molecule has 0 aliphatic heterocycles. The van der Waals surface area contributed by atoms with Crippen LogP contribution in [0.4, 0.5) is 11.4 Å². The van der Waals surface area contributed by atoms with E-state index >= 15 is 0 Å². The number of nitrogens with zero attached hydrogens (tertiary/aromatic N) is 2. The molecule has 0 spiro atoms. The molecule has 17 heavy (non-hydrogen) atoms. The Kier molecular flexibility index (Phi) is 3.40. The Morgan fingerprint density at radius 1 is 1.29 bits per heavy atom. The highest BCUT2D eigenvalue weighted by Crippen LogP contribution is 2.24. The van der Waals surface area contributed by atoms with E-state index in [1.807, 2.05) is 25.1 Å². The van der Waals surface area contributed by atoms with Crippen molar-refractivity contribution in [2.75, 3.05) is 5.32 Å². The second kappa shape index (κ2) is 4.98. The van der Waals surface area contributed by atoms with Crippen LogP contribution >= 0.6 is 15.9 Å². The van der Waals surface area contributed by atoms with Gasteiger partial charge in [0.05, 0.1) is 17.4 Å². The number of nitrogens with one attached hydrogen (secondary N) is 1. The van der Waals surface area contributed by atoms with Gasteiger partial charge in [0.25, 0.3) is 0 Å². The second-order valence-electron chi connectivity index (χ2n) is 3.62. The van der Waals surface area contributed by atoms with Crippen LogP contribution in [0.1, 0.15) is 11.1 Å². The topological polar surface area (TPSA) is 48.7 Å². The van der Waals surface area contributed by atoms with Crippen molar-refractivity contribution in [3.63, 3.8) is 0 Å². The second-order valence-corrected chi connectivity index (χ2v) is 4.53. The SMILES string of the molecule is Cc1cc(Br)ccc1Nc1cnccc1C#N. The van der Waals surface area contributed by atoms with Gasteiger partial charge in [0.2, 0.25) is 0 Å². The van der Waals surface area contributed by atoms with Crippen molar-refractivity contribution in [1.82, 2.24) is 4.98 Å². The number of rotatable bonds is 2. The molecule has 0 unspecified atom stereocenters. The Hall–Kier alpha value is -1.86. The molecule has 0 aliphatic carbocycles. The van der Waals surface area contributed by atoms with E-state index < -0.39 is 0 Å². The maximum atomic E-state index is 8.98. The van der Waals surface area contributed by atoms with Crippen LogP contribution in [0.2, 0.25) is 0 Å². The van der Waals surface area contributed by atoms with E-state index in [-0.39, 0.29) is 0 Å². The molecule has 3 nitrogen and oxygen atoms in total. The van der Waals surface area contributed by atoms with E-state index in [0.717, 1.165) is 21.4 Å². The number of halogens is 1. The Bertz CT molecular complexity index is 587. The highest BCUT2D eigenvalue weighted by atomic mass is 79.9. The fourth-order valence-electron chi connectivity index (χ4n) is 1.50. The van der Waals surface area contributed by atoms with E-state index in [1.165, 1.54) is 0 Å². The third-order valence-electron chi connectivity index (χ3n) is 2.40. The molecule has 0 bridgehead atoms. The third kappa shape index (κ3) is 2.63. The van der Waals surface area contributed by atoms with Crippen molar-refractivity contribution < 1.29 is 0 Å². The zero-order chi connectivity index (χ0) is 12.3. The third-order valence-corrected chi connectivity index (χ3v) is 2.89. The Balaban J connectivity index is 2.35. The zero-order valence-electron chi connectivity index (χ0n) is 9.24. The number of hydrogen-bond donors (Lipinski definition) is 1. The Labute approximate surface area is 108 Å². The van der Waals surface area contributed by atoms with Crippen molar-refractivity contribution in [2.24, 2.45) is 0 Å². The summed E-state index contributed by atoms with van der Waals surface area (Å²) < 4.78 is 1.03. The molecule has 0 amide bonds. The summed E-state index contributed by atoms with van der Waals surface area (Å²) in [5.41, 5.74) is 3.38. The molecule has 2 aromatic rings. The molecule has 2 rings (SSSR count). The largest absolute Gasteiger partial charge is 0.353 e. The summed E-state index contributed by atoms with van der Waals surface area (Å²) in [6.07, 6.45) is 3.26. The van der Waals surface area contributed by atoms with Crippen LogP contribution in [0, 0.1) is 18.3 Å². The van der Waals surface area contributed by atoms with Gasteiger partial charge in [-0.1, -0.05) is 15.9 Å². The first kappa shape index (κ1) is 11.6. The lowest BCUT2D eigenvalue weighted by Gasteiger charge is -2.10. The Morgan fingerprint density at radius 3 is 2.82 bits per heavy atom. The minimum Gasteiger partial charge on any atom is -0.353 e. The van der Waals surface area contributed by atoms with Gasteiger partial charge in [-0.05, 0) is 36.8 Å². The van der Waals surface area contributed by atoms with Crippen LogP contribution < -0.4 is 5.32 Å². The molecular weight excluding hydrogens is 278 g/mol. The molecule has 1 aromatic heterocycles. The molecule has 0 saturated heterocycles. The molecule has 1 aromatic carbocycles. The summed E-state index contributed by atoms with van der Waals surface area (Å²) in [5.74, 6) is 0. The minimum atomic E-state index is 0.585. The number of aromatic nitrogens is 1. The lowest BCUT2D eigenvalue weighted by atomic mass is 10.2. The summed E-state index contributed by atoms with van der Waals surface area (Å²) in [6.45, 7) is 2.01.